The number of aliphatic hydroxyl groups is 1. The molecule has 160 valence electrons. The molecule has 0 amide bonds. The smallest absolute Gasteiger partial charge is 0.426 e. The van der Waals surface area contributed by atoms with Gasteiger partial charge >= 0.3 is 18.3 Å². The number of hydrogen-bond donors (Lipinski definition) is 3. The van der Waals surface area contributed by atoms with Crippen molar-refractivity contribution in [1.82, 2.24) is 0 Å². The number of halogens is 6. The van der Waals surface area contributed by atoms with Crippen molar-refractivity contribution in [3.05, 3.63) is 23.8 Å². The van der Waals surface area contributed by atoms with Crippen LogP contribution in [0.2, 0.25) is 0 Å². The third kappa shape index (κ3) is 4.50. The molecule has 0 saturated carbocycles. The van der Waals surface area contributed by atoms with Crippen molar-refractivity contribution in [1.29, 1.82) is 0 Å². The highest BCUT2D eigenvalue weighted by Gasteiger charge is 2.73. The Labute approximate surface area is 154 Å². The van der Waals surface area contributed by atoms with Crippen LogP contribution in [0.25, 0.3) is 0 Å². The van der Waals surface area contributed by atoms with Gasteiger partial charge in [0.1, 0.15) is 17.4 Å². The Hall–Kier alpha value is -2.06. The van der Waals surface area contributed by atoms with Crippen LogP contribution in [0.1, 0.15) is 24.2 Å². The quantitative estimate of drug-likeness (QED) is 0.366. The maximum atomic E-state index is 12.9. The Morgan fingerprint density at radius 3 is 1.93 bits per heavy atom. The number of benzene rings is 1. The van der Waals surface area contributed by atoms with Crippen LogP contribution in [0.5, 0.6) is 5.75 Å². The highest BCUT2D eigenvalue weighted by atomic mass is 32.2. The van der Waals surface area contributed by atoms with E-state index in [9.17, 15) is 49.8 Å². The van der Waals surface area contributed by atoms with Gasteiger partial charge in [-0.3, -0.25) is 4.55 Å². The Bertz CT molecular complexity index is 833. The van der Waals surface area contributed by atoms with E-state index >= 15 is 0 Å². The topological polar surface area (TPSA) is 121 Å². The molecular weight excluding hydrogens is 426 g/mol. The van der Waals surface area contributed by atoms with Crippen LogP contribution in [0.4, 0.5) is 26.3 Å². The van der Waals surface area contributed by atoms with Crippen LogP contribution in [-0.4, -0.2) is 53.2 Å². The first kappa shape index (κ1) is 24.0. The van der Waals surface area contributed by atoms with Gasteiger partial charge in [0.2, 0.25) is 0 Å². The minimum absolute atomic E-state index is 0.341. The molecule has 0 aliphatic heterocycles. The zero-order valence-corrected chi connectivity index (χ0v) is 14.9. The number of phenols is 1. The molecule has 1 aromatic rings. The third-order valence-electron chi connectivity index (χ3n) is 4.01. The molecule has 7 nitrogen and oxygen atoms in total. The van der Waals surface area contributed by atoms with E-state index in [0.717, 1.165) is 0 Å². The standard InChI is InChI=1S/C14H14F6O7S/c1-6(12(23,13(15,16)17)14(18,19)20)7(2)27-11(22)9-5-8(28(24,25)26)3-4-10(9)21/h3-7,21,23H,1-2H3,(H,24,25,26). The van der Waals surface area contributed by atoms with E-state index in [2.05, 4.69) is 4.74 Å². The molecule has 3 N–H and O–H groups in total. The highest BCUT2D eigenvalue weighted by molar-refractivity contribution is 7.85. The van der Waals surface area contributed by atoms with Crippen molar-refractivity contribution in [2.24, 2.45) is 5.92 Å². The van der Waals surface area contributed by atoms with Gasteiger partial charge in [0, 0.05) is 5.92 Å². The van der Waals surface area contributed by atoms with Crippen LogP contribution in [0.15, 0.2) is 23.1 Å². The summed E-state index contributed by atoms with van der Waals surface area (Å²) < 4.78 is 113. The number of aromatic hydroxyl groups is 1. The fraction of sp³-hybridized carbons (Fsp3) is 0.500. The molecule has 2 atom stereocenters. The third-order valence-corrected chi connectivity index (χ3v) is 4.86. The van der Waals surface area contributed by atoms with Gasteiger partial charge in [0.05, 0.1) is 4.90 Å². The molecule has 0 saturated heterocycles. The molecule has 0 fully saturated rings. The van der Waals surface area contributed by atoms with Gasteiger partial charge in [-0.25, -0.2) is 4.79 Å². The molecule has 14 heteroatoms. The molecule has 0 bridgehead atoms. The van der Waals surface area contributed by atoms with Crippen molar-refractivity contribution >= 4 is 16.1 Å². The molecule has 0 aliphatic carbocycles. The summed E-state index contributed by atoms with van der Waals surface area (Å²) in [4.78, 5) is 11.1. The molecule has 2 unspecified atom stereocenters. The lowest BCUT2D eigenvalue weighted by molar-refractivity contribution is -0.388. The highest BCUT2D eigenvalue weighted by Crippen LogP contribution is 2.49. The lowest BCUT2D eigenvalue weighted by atomic mass is 9.83. The minimum atomic E-state index is -6.15. The van der Waals surface area contributed by atoms with Crippen molar-refractivity contribution < 1.29 is 59.1 Å². The number of alkyl halides is 6. The molecule has 1 rings (SSSR count). The summed E-state index contributed by atoms with van der Waals surface area (Å²) in [6.07, 6.45) is -14.5. The number of esters is 1. The Morgan fingerprint density at radius 1 is 1.07 bits per heavy atom. The van der Waals surface area contributed by atoms with Gasteiger partial charge in [-0.15, -0.1) is 0 Å². The van der Waals surface area contributed by atoms with Crippen LogP contribution in [0.3, 0.4) is 0 Å². The van der Waals surface area contributed by atoms with Crippen molar-refractivity contribution in [3.8, 4) is 5.75 Å². The van der Waals surface area contributed by atoms with E-state index in [1.165, 1.54) is 0 Å². The molecule has 28 heavy (non-hydrogen) atoms. The number of phenolic OH excluding ortho intramolecular Hbond substituents is 1. The number of hydrogen-bond acceptors (Lipinski definition) is 6. The number of carbonyl (C=O) groups excluding carboxylic acids is 1. The molecule has 1 aromatic carbocycles. The van der Waals surface area contributed by atoms with Crippen LogP contribution >= 0.6 is 0 Å². The zero-order chi connectivity index (χ0) is 22.3. The Morgan fingerprint density at radius 2 is 1.54 bits per heavy atom. The molecule has 0 aliphatic rings. The normalized spacial score (nSPS) is 15.8. The summed E-state index contributed by atoms with van der Waals surface area (Å²) in [5.74, 6) is -5.34. The first-order chi connectivity index (χ1) is 12.3. The maximum Gasteiger partial charge on any atom is 0.426 e. The SMILES string of the molecule is CC(OC(=O)c1cc(S(=O)(=O)O)ccc1O)C(C)C(O)(C(F)(F)F)C(F)(F)F. The average molecular weight is 440 g/mol. The lowest BCUT2D eigenvalue weighted by Crippen LogP contribution is -2.63. The fourth-order valence-electron chi connectivity index (χ4n) is 2.19. The first-order valence-electron chi connectivity index (χ1n) is 7.21. The van der Waals surface area contributed by atoms with Crippen molar-refractivity contribution in [2.45, 2.75) is 42.8 Å². The van der Waals surface area contributed by atoms with E-state index in [0.29, 0.717) is 32.0 Å². The second-order valence-corrected chi connectivity index (χ2v) is 7.24. The summed E-state index contributed by atoms with van der Waals surface area (Å²) in [5, 5.41) is 18.9. The fourth-order valence-corrected chi connectivity index (χ4v) is 2.70. The van der Waals surface area contributed by atoms with Crippen molar-refractivity contribution in [2.75, 3.05) is 0 Å². The van der Waals surface area contributed by atoms with E-state index in [1.54, 1.807) is 0 Å². The second-order valence-electron chi connectivity index (χ2n) is 5.82. The number of ether oxygens (including phenoxy) is 1. The van der Waals surface area contributed by atoms with Gasteiger partial charge in [-0.2, -0.15) is 34.8 Å². The predicted molar refractivity (Wildman–Crippen MR) is 79.0 cm³/mol. The molecule has 0 radical (unpaired) electrons. The summed E-state index contributed by atoms with van der Waals surface area (Å²) in [7, 11) is -4.84. The van der Waals surface area contributed by atoms with Gasteiger partial charge in [0.15, 0.2) is 0 Å². The first-order valence-corrected chi connectivity index (χ1v) is 8.65. The number of carbonyl (C=O) groups is 1. The van der Waals surface area contributed by atoms with E-state index in [1.807, 2.05) is 0 Å². The van der Waals surface area contributed by atoms with Crippen LogP contribution in [0, 0.1) is 5.92 Å². The van der Waals surface area contributed by atoms with Gasteiger partial charge in [-0.1, -0.05) is 6.92 Å². The molecular formula is C14H14F6O7S. The summed E-state index contributed by atoms with van der Waals surface area (Å²) >= 11 is 0. The van der Waals surface area contributed by atoms with Gasteiger partial charge in [-0.05, 0) is 25.1 Å². The molecule has 0 spiro atoms. The second kappa shape index (κ2) is 7.40. The van der Waals surface area contributed by atoms with E-state index < -0.39 is 62.3 Å². The summed E-state index contributed by atoms with van der Waals surface area (Å²) in [6.45, 7) is 0.974. The average Bonchev–Trinajstić information content (AvgIpc) is 2.50. The molecule has 0 aromatic heterocycles. The minimum Gasteiger partial charge on any atom is -0.507 e. The lowest BCUT2D eigenvalue weighted by Gasteiger charge is -2.39. The van der Waals surface area contributed by atoms with E-state index in [-0.39, 0.29) is 0 Å². The van der Waals surface area contributed by atoms with Crippen LogP contribution < -0.4 is 0 Å². The summed E-state index contributed by atoms with van der Waals surface area (Å²) in [5.41, 5.74) is -6.16. The predicted octanol–water partition coefficient (Wildman–Crippen LogP) is 2.68. The van der Waals surface area contributed by atoms with E-state index in [4.69, 9.17) is 4.55 Å². The molecule has 0 heterocycles. The van der Waals surface area contributed by atoms with Gasteiger partial charge in [0.25, 0.3) is 15.7 Å². The Kier molecular flexibility index (Phi) is 6.34. The zero-order valence-electron chi connectivity index (χ0n) is 14.0. The van der Waals surface area contributed by atoms with Gasteiger partial charge < -0.3 is 14.9 Å². The van der Waals surface area contributed by atoms with Crippen LogP contribution in [-0.2, 0) is 14.9 Å². The maximum absolute atomic E-state index is 12.9. The number of rotatable bonds is 5. The monoisotopic (exact) mass is 440 g/mol. The summed E-state index contributed by atoms with van der Waals surface area (Å²) in [6, 6.07) is 1.72. The largest absolute Gasteiger partial charge is 0.507 e. The van der Waals surface area contributed by atoms with Crippen molar-refractivity contribution in [3.63, 3.8) is 0 Å². The Balaban J connectivity index is 3.23.